The van der Waals surface area contributed by atoms with E-state index in [-0.39, 0.29) is 17.5 Å². The molecule has 0 aliphatic heterocycles. The average Bonchev–Trinajstić information content (AvgIpc) is 2.73. The van der Waals surface area contributed by atoms with Crippen LogP contribution in [-0.4, -0.2) is 29.0 Å². The van der Waals surface area contributed by atoms with Gasteiger partial charge >= 0.3 is 5.97 Å². The van der Waals surface area contributed by atoms with Gasteiger partial charge in [0.2, 0.25) is 5.95 Å². The Kier molecular flexibility index (Phi) is 6.18. The van der Waals surface area contributed by atoms with Crippen molar-refractivity contribution in [3.8, 4) is 0 Å². The molecule has 28 heavy (non-hydrogen) atoms. The summed E-state index contributed by atoms with van der Waals surface area (Å²) in [5.41, 5.74) is 2.13. The highest BCUT2D eigenvalue weighted by Gasteiger charge is 2.10. The number of carbonyl (C=O) groups excluding carboxylic acids is 2. The lowest BCUT2D eigenvalue weighted by molar-refractivity contribution is 0.0600. The molecule has 0 bridgehead atoms. The van der Waals surface area contributed by atoms with Gasteiger partial charge in [0.25, 0.3) is 5.91 Å². The summed E-state index contributed by atoms with van der Waals surface area (Å²) in [6.07, 6.45) is 1.48. The summed E-state index contributed by atoms with van der Waals surface area (Å²) < 4.78 is 4.70. The largest absolute Gasteiger partial charge is 0.465 e. The molecule has 0 saturated carbocycles. The van der Waals surface area contributed by atoms with Crippen molar-refractivity contribution in [3.63, 3.8) is 0 Å². The topological polar surface area (TPSA) is 93.2 Å². The first-order valence-corrected chi connectivity index (χ1v) is 8.74. The van der Waals surface area contributed by atoms with Crippen LogP contribution >= 0.6 is 11.6 Å². The second kappa shape index (κ2) is 8.96. The molecule has 0 saturated heterocycles. The third kappa shape index (κ3) is 5.05. The molecule has 1 heterocycles. The summed E-state index contributed by atoms with van der Waals surface area (Å²) >= 11 is 5.85. The van der Waals surface area contributed by atoms with Gasteiger partial charge in [-0.05, 0) is 42.0 Å². The van der Waals surface area contributed by atoms with Gasteiger partial charge in [0.05, 0.1) is 12.7 Å². The number of halogens is 1. The van der Waals surface area contributed by atoms with Crippen LogP contribution in [0.3, 0.4) is 0 Å². The van der Waals surface area contributed by atoms with Crippen LogP contribution in [0.1, 0.15) is 26.4 Å². The van der Waals surface area contributed by atoms with Gasteiger partial charge in [0.1, 0.15) is 5.69 Å². The second-order valence-corrected chi connectivity index (χ2v) is 6.21. The Morgan fingerprint density at radius 3 is 2.64 bits per heavy atom. The molecular weight excluding hydrogens is 380 g/mol. The van der Waals surface area contributed by atoms with E-state index in [0.29, 0.717) is 22.8 Å². The fraction of sp³-hybridized carbons (Fsp3) is 0.100. The summed E-state index contributed by atoms with van der Waals surface area (Å²) in [7, 11) is 1.32. The number of hydrogen-bond donors (Lipinski definition) is 2. The lowest BCUT2D eigenvalue weighted by Crippen LogP contribution is -2.24. The van der Waals surface area contributed by atoms with E-state index in [1.807, 2.05) is 12.1 Å². The zero-order valence-electron chi connectivity index (χ0n) is 15.0. The third-order valence-electron chi connectivity index (χ3n) is 3.79. The molecule has 0 fully saturated rings. The first-order chi connectivity index (χ1) is 13.5. The Morgan fingerprint density at radius 2 is 1.89 bits per heavy atom. The highest BCUT2D eigenvalue weighted by Crippen LogP contribution is 2.16. The molecule has 2 N–H and O–H groups in total. The third-order valence-corrected chi connectivity index (χ3v) is 4.05. The Morgan fingerprint density at radius 1 is 1.11 bits per heavy atom. The molecule has 7 nitrogen and oxygen atoms in total. The molecular formula is C20H17ClN4O3. The SMILES string of the molecule is COC(=O)c1cccc(Nc2nccc(C(=O)NCc3ccc(Cl)cc3)n2)c1. The van der Waals surface area contributed by atoms with E-state index in [2.05, 4.69) is 20.6 Å². The number of hydrogen-bond acceptors (Lipinski definition) is 6. The summed E-state index contributed by atoms with van der Waals surface area (Å²) in [5, 5.41) is 6.41. The van der Waals surface area contributed by atoms with Gasteiger partial charge in [0.15, 0.2) is 0 Å². The smallest absolute Gasteiger partial charge is 0.337 e. The predicted molar refractivity (Wildman–Crippen MR) is 106 cm³/mol. The van der Waals surface area contributed by atoms with Gasteiger partial charge in [-0.3, -0.25) is 4.79 Å². The standard InChI is InChI=1S/C20H17ClN4O3/c1-28-19(27)14-3-2-4-16(11-14)24-20-22-10-9-17(25-20)18(26)23-12-13-5-7-15(21)8-6-13/h2-11H,12H2,1H3,(H,23,26)(H,22,24,25). The van der Waals surface area contributed by atoms with Crippen LogP contribution < -0.4 is 10.6 Å². The Labute approximate surface area is 166 Å². The summed E-state index contributed by atoms with van der Waals surface area (Å²) in [5.74, 6) is -0.537. The first kappa shape index (κ1) is 19.3. The van der Waals surface area contributed by atoms with E-state index in [1.165, 1.54) is 19.4 Å². The van der Waals surface area contributed by atoms with Gasteiger partial charge in [-0.15, -0.1) is 0 Å². The number of nitrogens with one attached hydrogen (secondary N) is 2. The quantitative estimate of drug-likeness (QED) is 0.618. The van der Waals surface area contributed by atoms with Crippen molar-refractivity contribution in [1.82, 2.24) is 15.3 Å². The molecule has 0 unspecified atom stereocenters. The Bertz CT molecular complexity index is 993. The van der Waals surface area contributed by atoms with E-state index in [4.69, 9.17) is 16.3 Å². The number of anilines is 2. The molecule has 1 amide bonds. The molecule has 0 spiro atoms. The summed E-state index contributed by atoms with van der Waals surface area (Å²) in [6, 6.07) is 15.4. The molecule has 3 aromatic rings. The van der Waals surface area contributed by atoms with Gasteiger partial charge in [-0.2, -0.15) is 0 Å². The monoisotopic (exact) mass is 396 g/mol. The van der Waals surface area contributed by atoms with Crippen LogP contribution in [0.4, 0.5) is 11.6 Å². The number of benzene rings is 2. The number of ether oxygens (including phenoxy) is 1. The summed E-state index contributed by atoms with van der Waals surface area (Å²) in [6.45, 7) is 0.351. The molecule has 8 heteroatoms. The number of rotatable bonds is 6. The molecule has 0 aliphatic carbocycles. The molecule has 0 radical (unpaired) electrons. The van der Waals surface area contributed by atoms with Crippen LogP contribution in [0.2, 0.25) is 5.02 Å². The Balaban J connectivity index is 1.67. The minimum atomic E-state index is -0.445. The highest BCUT2D eigenvalue weighted by atomic mass is 35.5. The Hall–Kier alpha value is -3.45. The molecule has 0 atom stereocenters. The maximum atomic E-state index is 12.4. The van der Waals surface area contributed by atoms with Crippen molar-refractivity contribution in [3.05, 3.63) is 82.6 Å². The van der Waals surface area contributed by atoms with Gasteiger partial charge in [-0.25, -0.2) is 14.8 Å². The zero-order valence-corrected chi connectivity index (χ0v) is 15.7. The van der Waals surface area contributed by atoms with Crippen molar-refractivity contribution >= 4 is 35.1 Å². The number of methoxy groups -OCH3 is 1. The van der Waals surface area contributed by atoms with Crippen LogP contribution in [-0.2, 0) is 11.3 Å². The minimum Gasteiger partial charge on any atom is -0.465 e. The van der Waals surface area contributed by atoms with Crippen LogP contribution in [0.5, 0.6) is 0 Å². The lowest BCUT2D eigenvalue weighted by Gasteiger charge is -2.08. The number of nitrogens with zero attached hydrogens (tertiary/aromatic N) is 2. The van der Waals surface area contributed by atoms with Crippen molar-refractivity contribution in [2.45, 2.75) is 6.54 Å². The van der Waals surface area contributed by atoms with E-state index in [0.717, 1.165) is 5.56 Å². The number of esters is 1. The van der Waals surface area contributed by atoms with Crippen molar-refractivity contribution in [1.29, 1.82) is 0 Å². The molecule has 2 aromatic carbocycles. The number of amides is 1. The van der Waals surface area contributed by atoms with E-state index in [1.54, 1.807) is 36.4 Å². The zero-order chi connectivity index (χ0) is 19.9. The van der Waals surface area contributed by atoms with Gasteiger partial charge in [-0.1, -0.05) is 29.8 Å². The molecule has 3 rings (SSSR count). The predicted octanol–water partition coefficient (Wildman–Crippen LogP) is 3.59. The number of aromatic nitrogens is 2. The molecule has 142 valence electrons. The minimum absolute atomic E-state index is 0.218. The average molecular weight is 397 g/mol. The molecule has 1 aromatic heterocycles. The van der Waals surface area contributed by atoms with Crippen LogP contribution in [0.25, 0.3) is 0 Å². The van der Waals surface area contributed by atoms with Crippen molar-refractivity contribution in [2.24, 2.45) is 0 Å². The first-order valence-electron chi connectivity index (χ1n) is 8.36. The summed E-state index contributed by atoms with van der Waals surface area (Å²) in [4.78, 5) is 32.3. The van der Waals surface area contributed by atoms with E-state index in [9.17, 15) is 9.59 Å². The molecule has 0 aliphatic rings. The van der Waals surface area contributed by atoms with Gasteiger partial charge < -0.3 is 15.4 Å². The van der Waals surface area contributed by atoms with Crippen molar-refractivity contribution < 1.29 is 14.3 Å². The van der Waals surface area contributed by atoms with Gasteiger partial charge in [0, 0.05) is 23.5 Å². The van der Waals surface area contributed by atoms with E-state index < -0.39 is 5.97 Å². The maximum Gasteiger partial charge on any atom is 0.337 e. The van der Waals surface area contributed by atoms with Crippen LogP contribution in [0, 0.1) is 0 Å². The van der Waals surface area contributed by atoms with Crippen LogP contribution in [0.15, 0.2) is 60.8 Å². The normalized spacial score (nSPS) is 10.2. The second-order valence-electron chi connectivity index (χ2n) is 5.77. The fourth-order valence-electron chi connectivity index (χ4n) is 2.39. The van der Waals surface area contributed by atoms with E-state index >= 15 is 0 Å². The number of carbonyl (C=O) groups is 2. The fourth-order valence-corrected chi connectivity index (χ4v) is 2.52. The maximum absolute atomic E-state index is 12.4. The highest BCUT2D eigenvalue weighted by molar-refractivity contribution is 6.30. The lowest BCUT2D eigenvalue weighted by atomic mass is 10.2. The van der Waals surface area contributed by atoms with Crippen molar-refractivity contribution in [2.75, 3.05) is 12.4 Å².